The molecule has 4 rings (SSSR count). The number of fused-ring (bicyclic) bond motifs is 1. The van der Waals surface area contributed by atoms with Gasteiger partial charge in [0, 0.05) is 28.3 Å². The molecule has 0 unspecified atom stereocenters. The van der Waals surface area contributed by atoms with Gasteiger partial charge in [-0.15, -0.1) is 10.2 Å². The van der Waals surface area contributed by atoms with Crippen molar-refractivity contribution >= 4 is 39.5 Å². The first-order valence-electron chi connectivity index (χ1n) is 8.44. The van der Waals surface area contributed by atoms with Gasteiger partial charge in [-0.2, -0.15) is 9.61 Å². The number of halogens is 1. The maximum absolute atomic E-state index is 12.4. The van der Waals surface area contributed by atoms with Gasteiger partial charge in [0.25, 0.3) is 5.91 Å². The number of rotatable bonds is 4. The molecule has 1 N–H and O–H groups in total. The molecule has 0 saturated heterocycles. The number of carbonyl (C=O) groups excluding carboxylic acids is 1. The molecule has 0 aliphatic heterocycles. The lowest BCUT2D eigenvalue weighted by Crippen LogP contribution is -2.11. The maximum Gasteiger partial charge on any atom is 0.255 e. The Morgan fingerprint density at radius 3 is 2.67 bits per heavy atom. The molecular formula is C19H16ClN5OS. The molecule has 27 heavy (non-hydrogen) atoms. The molecule has 0 fully saturated rings. The molecule has 0 aliphatic carbocycles. The third-order valence-electron chi connectivity index (χ3n) is 4.20. The van der Waals surface area contributed by atoms with Crippen LogP contribution in [0.3, 0.4) is 0 Å². The Hall–Kier alpha value is -2.77. The van der Waals surface area contributed by atoms with Crippen LogP contribution in [0.5, 0.6) is 0 Å². The minimum absolute atomic E-state index is 0.198. The molecule has 1 amide bonds. The van der Waals surface area contributed by atoms with Gasteiger partial charge in [0.15, 0.2) is 5.82 Å². The summed E-state index contributed by atoms with van der Waals surface area (Å²) in [7, 11) is 0. The molecule has 2 aromatic carbocycles. The summed E-state index contributed by atoms with van der Waals surface area (Å²) in [6, 6.07) is 12.8. The molecule has 0 atom stereocenters. The average molecular weight is 398 g/mol. The molecule has 8 heteroatoms. The summed E-state index contributed by atoms with van der Waals surface area (Å²) in [5.74, 6) is 0.643. The van der Waals surface area contributed by atoms with Crippen LogP contribution in [0.25, 0.3) is 15.5 Å². The zero-order valence-electron chi connectivity index (χ0n) is 14.7. The topological polar surface area (TPSA) is 72.2 Å². The van der Waals surface area contributed by atoms with Crippen LogP contribution < -0.4 is 5.32 Å². The van der Waals surface area contributed by atoms with E-state index in [-0.39, 0.29) is 5.91 Å². The highest BCUT2D eigenvalue weighted by molar-refractivity contribution is 7.19. The molecule has 0 saturated carbocycles. The largest absolute Gasteiger partial charge is 0.322 e. The molecule has 0 bridgehead atoms. The fraction of sp³-hybridized carbons (Fsp3) is 0.158. The Morgan fingerprint density at radius 1 is 1.19 bits per heavy atom. The first-order chi connectivity index (χ1) is 13.0. The molecule has 4 aromatic rings. The van der Waals surface area contributed by atoms with Crippen molar-refractivity contribution < 1.29 is 4.79 Å². The second-order valence-corrected chi connectivity index (χ2v) is 7.43. The summed E-state index contributed by atoms with van der Waals surface area (Å²) >= 11 is 7.58. The van der Waals surface area contributed by atoms with E-state index >= 15 is 0 Å². The van der Waals surface area contributed by atoms with E-state index in [9.17, 15) is 4.79 Å². The molecule has 2 aromatic heterocycles. The Balaban J connectivity index is 1.53. The number of hydrogen-bond donors (Lipinski definition) is 1. The Kier molecular flexibility index (Phi) is 4.63. The molecule has 6 nitrogen and oxygen atoms in total. The number of hydrogen-bond acceptors (Lipinski definition) is 5. The van der Waals surface area contributed by atoms with Crippen molar-refractivity contribution in [3.63, 3.8) is 0 Å². The van der Waals surface area contributed by atoms with Crippen LogP contribution in [0, 0.1) is 6.92 Å². The first-order valence-corrected chi connectivity index (χ1v) is 9.63. The number of nitrogens with one attached hydrogen (secondary N) is 1. The predicted molar refractivity (Wildman–Crippen MR) is 108 cm³/mol. The van der Waals surface area contributed by atoms with Gasteiger partial charge < -0.3 is 5.32 Å². The highest BCUT2D eigenvalue weighted by Crippen LogP contribution is 2.27. The van der Waals surface area contributed by atoms with Crippen LogP contribution in [-0.2, 0) is 6.42 Å². The number of aromatic nitrogens is 4. The van der Waals surface area contributed by atoms with Gasteiger partial charge in [-0.05, 0) is 48.9 Å². The number of benzene rings is 2. The van der Waals surface area contributed by atoms with Gasteiger partial charge in [-0.3, -0.25) is 4.79 Å². The third-order valence-corrected chi connectivity index (χ3v) is 5.55. The summed E-state index contributed by atoms with van der Waals surface area (Å²) in [5.41, 5.74) is 3.13. The van der Waals surface area contributed by atoms with Crippen LogP contribution in [0.2, 0.25) is 5.02 Å². The van der Waals surface area contributed by atoms with Crippen molar-refractivity contribution in [1.29, 1.82) is 0 Å². The summed E-state index contributed by atoms with van der Waals surface area (Å²) in [5, 5.41) is 17.1. The van der Waals surface area contributed by atoms with E-state index in [1.807, 2.05) is 44.2 Å². The van der Waals surface area contributed by atoms with E-state index < -0.39 is 0 Å². The maximum atomic E-state index is 12.4. The number of amides is 1. The van der Waals surface area contributed by atoms with Crippen molar-refractivity contribution in [1.82, 2.24) is 19.8 Å². The number of nitrogens with zero attached hydrogens (tertiary/aromatic N) is 4. The molecular weight excluding hydrogens is 382 g/mol. The second-order valence-electron chi connectivity index (χ2n) is 6.07. The molecule has 0 aliphatic rings. The van der Waals surface area contributed by atoms with E-state index in [1.54, 1.807) is 16.6 Å². The number of anilines is 1. The molecule has 2 heterocycles. The number of carbonyl (C=O) groups is 1. The fourth-order valence-corrected chi connectivity index (χ4v) is 3.67. The first kappa shape index (κ1) is 17.6. The summed E-state index contributed by atoms with van der Waals surface area (Å²) in [4.78, 5) is 13.2. The second kappa shape index (κ2) is 7.09. The summed E-state index contributed by atoms with van der Waals surface area (Å²) < 4.78 is 1.77. The van der Waals surface area contributed by atoms with Gasteiger partial charge in [-0.1, -0.05) is 35.9 Å². The van der Waals surface area contributed by atoms with E-state index in [4.69, 9.17) is 11.6 Å². The Morgan fingerprint density at radius 2 is 1.96 bits per heavy atom. The van der Waals surface area contributed by atoms with Crippen molar-refractivity contribution in [3.8, 4) is 10.6 Å². The van der Waals surface area contributed by atoms with Crippen LogP contribution in [0.4, 0.5) is 5.69 Å². The number of aryl methyl sites for hydroxylation is 2. The monoisotopic (exact) mass is 397 g/mol. The van der Waals surface area contributed by atoms with Crippen LogP contribution in [0.15, 0.2) is 42.5 Å². The fourth-order valence-electron chi connectivity index (χ4n) is 2.63. The molecule has 0 radical (unpaired) electrons. The average Bonchev–Trinajstić information content (AvgIpc) is 3.25. The normalized spacial score (nSPS) is 11.1. The zero-order valence-corrected chi connectivity index (χ0v) is 16.3. The molecule has 136 valence electrons. The van der Waals surface area contributed by atoms with Crippen LogP contribution in [-0.4, -0.2) is 25.7 Å². The van der Waals surface area contributed by atoms with Gasteiger partial charge in [0.1, 0.15) is 5.01 Å². The minimum Gasteiger partial charge on any atom is -0.322 e. The van der Waals surface area contributed by atoms with Gasteiger partial charge in [-0.25, -0.2) is 0 Å². The predicted octanol–water partition coefficient (Wildman–Crippen LogP) is 4.63. The standard InChI is InChI=1S/C19H16ClN5OS/c1-3-16-22-23-19-25(16)24-18(27-19)12-6-8-14(9-7-12)21-17(26)13-5-4-11(2)15(20)10-13/h4-10H,3H2,1-2H3,(H,21,26). The highest BCUT2D eigenvalue weighted by atomic mass is 35.5. The third kappa shape index (κ3) is 3.43. The van der Waals surface area contributed by atoms with Crippen molar-refractivity contribution in [2.45, 2.75) is 20.3 Å². The summed E-state index contributed by atoms with van der Waals surface area (Å²) in [6.45, 7) is 3.92. The van der Waals surface area contributed by atoms with Crippen LogP contribution in [0.1, 0.15) is 28.7 Å². The van der Waals surface area contributed by atoms with Gasteiger partial charge >= 0.3 is 0 Å². The van der Waals surface area contributed by atoms with E-state index in [1.165, 1.54) is 11.3 Å². The quantitative estimate of drug-likeness (QED) is 0.545. The molecule has 0 spiro atoms. The Bertz CT molecular complexity index is 1130. The van der Waals surface area contributed by atoms with E-state index in [2.05, 4.69) is 20.6 Å². The summed E-state index contributed by atoms with van der Waals surface area (Å²) in [6.07, 6.45) is 0.776. The van der Waals surface area contributed by atoms with Crippen molar-refractivity contribution in [3.05, 3.63) is 64.4 Å². The minimum atomic E-state index is -0.198. The van der Waals surface area contributed by atoms with Crippen molar-refractivity contribution in [2.24, 2.45) is 0 Å². The van der Waals surface area contributed by atoms with Gasteiger partial charge in [0.2, 0.25) is 4.96 Å². The smallest absolute Gasteiger partial charge is 0.255 e. The Labute approximate surface area is 164 Å². The van der Waals surface area contributed by atoms with Crippen LogP contribution >= 0.6 is 22.9 Å². The van der Waals surface area contributed by atoms with Gasteiger partial charge in [0.05, 0.1) is 0 Å². The van der Waals surface area contributed by atoms with E-state index in [0.29, 0.717) is 16.3 Å². The highest BCUT2D eigenvalue weighted by Gasteiger charge is 2.12. The lowest BCUT2D eigenvalue weighted by molar-refractivity contribution is 0.102. The van der Waals surface area contributed by atoms with E-state index in [0.717, 1.165) is 33.3 Å². The lowest BCUT2D eigenvalue weighted by Gasteiger charge is -2.07. The zero-order chi connectivity index (χ0) is 19.0. The lowest BCUT2D eigenvalue weighted by atomic mass is 10.1. The van der Waals surface area contributed by atoms with Crippen molar-refractivity contribution in [2.75, 3.05) is 5.32 Å². The SMILES string of the molecule is CCc1nnc2sc(-c3ccc(NC(=O)c4ccc(C)c(Cl)c4)cc3)nn12.